The zero-order chi connectivity index (χ0) is 18.4. The van der Waals surface area contributed by atoms with E-state index in [-0.39, 0.29) is 40.4 Å². The molecule has 0 spiro atoms. The lowest BCUT2D eigenvalue weighted by atomic mass is 10.2. The second kappa shape index (κ2) is 6.45. The number of carbonyl (C=O) groups excluding carboxylic acids is 1. The first-order chi connectivity index (χ1) is 11.6. The van der Waals surface area contributed by atoms with Gasteiger partial charge in [-0.2, -0.15) is 13.2 Å². The minimum Gasteiger partial charge on any atom is -0.335 e. The molecule has 0 unspecified atom stereocenters. The van der Waals surface area contributed by atoms with Crippen LogP contribution in [0, 0.1) is 0 Å². The molecule has 0 aromatic carbocycles. The Morgan fingerprint density at radius 2 is 1.96 bits per heavy atom. The van der Waals surface area contributed by atoms with E-state index >= 15 is 0 Å². The second-order valence-corrected chi connectivity index (χ2v) is 9.41. The van der Waals surface area contributed by atoms with Crippen molar-refractivity contribution in [1.82, 2.24) is 19.7 Å². The van der Waals surface area contributed by atoms with Gasteiger partial charge in [-0.1, -0.05) is 11.8 Å². The Balaban J connectivity index is 1.66. The average Bonchev–Trinajstić information content (AvgIpc) is 3.14. The molecule has 2 aliphatic rings. The standard InChI is InChI=1S/C13H17F3N4O3S2/c1-19-11(13(14,15)16)17-18-12(19)24-6-10(21)20(8-2-3-8)9-4-5-25(22,23)7-9/h8-9H,2-7H2,1H3/t9-/m0/s1. The molecular weight excluding hydrogens is 381 g/mol. The van der Waals surface area contributed by atoms with Gasteiger partial charge in [0.05, 0.1) is 17.3 Å². The zero-order valence-electron chi connectivity index (χ0n) is 13.4. The number of rotatable bonds is 5. The highest BCUT2D eigenvalue weighted by Crippen LogP contribution is 2.34. The summed E-state index contributed by atoms with van der Waals surface area (Å²) in [6.45, 7) is 0. The molecule has 1 aliphatic heterocycles. The van der Waals surface area contributed by atoms with E-state index in [0.29, 0.717) is 6.42 Å². The summed E-state index contributed by atoms with van der Waals surface area (Å²) in [5, 5.41) is 6.60. The Bertz CT molecular complexity index is 774. The minimum atomic E-state index is -4.61. The van der Waals surface area contributed by atoms with Crippen molar-refractivity contribution < 1.29 is 26.4 Å². The van der Waals surface area contributed by atoms with E-state index in [1.165, 1.54) is 7.05 Å². The van der Waals surface area contributed by atoms with Crippen LogP contribution >= 0.6 is 11.8 Å². The van der Waals surface area contributed by atoms with Crippen LogP contribution in [0.4, 0.5) is 13.2 Å². The lowest BCUT2D eigenvalue weighted by Crippen LogP contribution is -2.43. The summed E-state index contributed by atoms with van der Waals surface area (Å²) in [6.07, 6.45) is -2.54. The third kappa shape index (κ3) is 4.10. The van der Waals surface area contributed by atoms with Crippen molar-refractivity contribution in [3.05, 3.63) is 5.82 Å². The van der Waals surface area contributed by atoms with Gasteiger partial charge in [0, 0.05) is 19.1 Å². The Hall–Kier alpha value is -1.30. The molecule has 1 aromatic heterocycles. The molecule has 1 saturated carbocycles. The van der Waals surface area contributed by atoms with Crippen LogP contribution < -0.4 is 0 Å². The van der Waals surface area contributed by atoms with Gasteiger partial charge in [0.25, 0.3) is 0 Å². The van der Waals surface area contributed by atoms with Gasteiger partial charge in [0.15, 0.2) is 15.0 Å². The normalized spacial score (nSPS) is 23.0. The Morgan fingerprint density at radius 3 is 2.44 bits per heavy atom. The highest BCUT2D eigenvalue weighted by atomic mass is 32.2. The third-order valence-corrected chi connectivity index (χ3v) is 7.00. The maximum absolute atomic E-state index is 12.7. The lowest BCUT2D eigenvalue weighted by Gasteiger charge is -2.28. The molecule has 1 amide bonds. The molecule has 3 rings (SSSR count). The number of carbonyl (C=O) groups is 1. The fraction of sp³-hybridized carbons (Fsp3) is 0.769. The molecule has 2 heterocycles. The van der Waals surface area contributed by atoms with Crippen LogP contribution in [0.3, 0.4) is 0 Å². The fourth-order valence-electron chi connectivity index (χ4n) is 2.94. The first-order valence-electron chi connectivity index (χ1n) is 7.69. The number of aromatic nitrogens is 3. The summed E-state index contributed by atoms with van der Waals surface area (Å²) in [6, 6.07) is -0.299. The van der Waals surface area contributed by atoms with Crippen LogP contribution in [0.15, 0.2) is 5.16 Å². The zero-order valence-corrected chi connectivity index (χ0v) is 15.0. The summed E-state index contributed by atoms with van der Waals surface area (Å²) in [5.74, 6) is -1.46. The predicted molar refractivity (Wildman–Crippen MR) is 83.7 cm³/mol. The molecular formula is C13H17F3N4O3S2. The van der Waals surface area contributed by atoms with Crippen molar-refractivity contribution >= 4 is 27.5 Å². The van der Waals surface area contributed by atoms with E-state index in [0.717, 1.165) is 29.2 Å². The number of hydrogen-bond donors (Lipinski definition) is 0. The molecule has 0 radical (unpaired) electrons. The van der Waals surface area contributed by atoms with Crippen molar-refractivity contribution in [2.75, 3.05) is 17.3 Å². The van der Waals surface area contributed by atoms with Gasteiger partial charge in [-0.05, 0) is 19.3 Å². The Morgan fingerprint density at radius 1 is 1.28 bits per heavy atom. The number of alkyl halides is 3. The van der Waals surface area contributed by atoms with E-state index < -0.39 is 21.8 Å². The molecule has 140 valence electrons. The summed E-state index contributed by atoms with van der Waals surface area (Å²) in [5.41, 5.74) is 0. The Labute approximate surface area is 146 Å². The number of halogens is 3. The van der Waals surface area contributed by atoms with Gasteiger partial charge in [-0.15, -0.1) is 10.2 Å². The molecule has 0 bridgehead atoms. The van der Waals surface area contributed by atoms with Gasteiger partial charge in [0.1, 0.15) is 0 Å². The van der Waals surface area contributed by atoms with Gasteiger partial charge in [-0.3, -0.25) is 4.79 Å². The molecule has 1 aliphatic carbocycles. The average molecular weight is 398 g/mol. The number of thioether (sulfide) groups is 1. The van der Waals surface area contributed by atoms with Gasteiger partial charge in [0.2, 0.25) is 11.7 Å². The van der Waals surface area contributed by atoms with E-state index in [9.17, 15) is 26.4 Å². The number of amides is 1. The van der Waals surface area contributed by atoms with E-state index in [4.69, 9.17) is 0 Å². The van der Waals surface area contributed by atoms with E-state index in [1.54, 1.807) is 4.90 Å². The number of nitrogens with zero attached hydrogens (tertiary/aromatic N) is 4. The smallest absolute Gasteiger partial charge is 0.335 e. The highest BCUT2D eigenvalue weighted by molar-refractivity contribution is 7.99. The SMILES string of the molecule is Cn1c(SCC(=O)N(C2CC2)[C@H]2CCS(=O)(=O)C2)nnc1C(F)(F)F. The van der Waals surface area contributed by atoms with E-state index in [1.807, 2.05) is 0 Å². The van der Waals surface area contributed by atoms with Crippen molar-refractivity contribution in [3.8, 4) is 0 Å². The Kier molecular flexibility index (Phi) is 4.77. The second-order valence-electron chi connectivity index (χ2n) is 6.24. The largest absolute Gasteiger partial charge is 0.451 e. The maximum Gasteiger partial charge on any atom is 0.451 e. The molecule has 12 heteroatoms. The van der Waals surface area contributed by atoms with Crippen LogP contribution in [0.5, 0.6) is 0 Å². The first kappa shape index (κ1) is 18.5. The van der Waals surface area contributed by atoms with E-state index in [2.05, 4.69) is 10.2 Å². The van der Waals surface area contributed by atoms with Crippen LogP contribution in [-0.4, -0.2) is 63.3 Å². The van der Waals surface area contributed by atoms with Crippen LogP contribution in [-0.2, 0) is 27.9 Å². The van der Waals surface area contributed by atoms with Gasteiger partial charge in [-0.25, -0.2) is 8.42 Å². The maximum atomic E-state index is 12.7. The number of sulfone groups is 1. The molecule has 1 atom stereocenters. The van der Waals surface area contributed by atoms with Crippen molar-refractivity contribution in [2.24, 2.45) is 7.05 Å². The molecule has 0 N–H and O–H groups in total. The summed E-state index contributed by atoms with van der Waals surface area (Å²) < 4.78 is 62.3. The molecule has 1 saturated heterocycles. The highest BCUT2D eigenvalue weighted by Gasteiger charge is 2.42. The fourth-order valence-corrected chi connectivity index (χ4v) is 5.43. The third-order valence-electron chi connectivity index (χ3n) is 4.24. The predicted octanol–water partition coefficient (Wildman–Crippen LogP) is 1.10. The van der Waals surface area contributed by atoms with Gasteiger partial charge >= 0.3 is 6.18 Å². The summed E-state index contributed by atoms with van der Waals surface area (Å²) in [7, 11) is -1.93. The number of hydrogen-bond acceptors (Lipinski definition) is 6. The molecule has 7 nitrogen and oxygen atoms in total. The van der Waals surface area contributed by atoms with Crippen LogP contribution in [0.1, 0.15) is 25.1 Å². The molecule has 2 fully saturated rings. The van der Waals surface area contributed by atoms with Crippen molar-refractivity contribution in [3.63, 3.8) is 0 Å². The topological polar surface area (TPSA) is 85.2 Å². The summed E-state index contributed by atoms with van der Waals surface area (Å²) in [4.78, 5) is 14.2. The van der Waals surface area contributed by atoms with Gasteiger partial charge < -0.3 is 9.47 Å². The first-order valence-corrected chi connectivity index (χ1v) is 10.5. The molecule has 1 aromatic rings. The monoisotopic (exact) mass is 398 g/mol. The summed E-state index contributed by atoms with van der Waals surface area (Å²) >= 11 is 0.873. The minimum absolute atomic E-state index is 0.00420. The molecule has 25 heavy (non-hydrogen) atoms. The van der Waals surface area contributed by atoms with Crippen molar-refractivity contribution in [2.45, 2.75) is 42.7 Å². The van der Waals surface area contributed by atoms with Crippen LogP contribution in [0.25, 0.3) is 0 Å². The quantitative estimate of drug-likeness (QED) is 0.691. The van der Waals surface area contributed by atoms with Crippen LogP contribution in [0.2, 0.25) is 0 Å². The lowest BCUT2D eigenvalue weighted by molar-refractivity contribution is -0.147. The van der Waals surface area contributed by atoms with Crippen molar-refractivity contribution in [1.29, 1.82) is 0 Å².